The molecule has 0 aliphatic carbocycles. The Morgan fingerprint density at radius 3 is 2.48 bits per heavy atom. The molecule has 1 atom stereocenters. The molecule has 0 aliphatic rings. The number of benzene rings is 2. The Kier molecular flexibility index (Phi) is 5.97. The highest BCUT2D eigenvalue weighted by Gasteiger charge is 2.10. The predicted octanol–water partition coefficient (Wildman–Crippen LogP) is 4.96. The molecule has 1 amide bonds. The van der Waals surface area contributed by atoms with E-state index in [9.17, 15) is 4.79 Å². The molecular formula is C16H15Cl2NOS. The quantitative estimate of drug-likeness (QED) is 0.779. The van der Waals surface area contributed by atoms with Gasteiger partial charge in [-0.05, 0) is 36.8 Å². The molecular weight excluding hydrogens is 325 g/mol. The molecule has 0 heterocycles. The number of halogens is 2. The maximum Gasteiger partial charge on any atom is 0.230 e. The van der Waals surface area contributed by atoms with Crippen LogP contribution in [0.25, 0.3) is 0 Å². The monoisotopic (exact) mass is 339 g/mol. The Morgan fingerprint density at radius 2 is 1.81 bits per heavy atom. The van der Waals surface area contributed by atoms with Gasteiger partial charge in [0, 0.05) is 9.92 Å². The van der Waals surface area contributed by atoms with Crippen LogP contribution in [0, 0.1) is 0 Å². The van der Waals surface area contributed by atoms with Gasteiger partial charge in [0.05, 0.1) is 16.8 Å². The first-order valence-corrected chi connectivity index (χ1v) is 8.22. The summed E-state index contributed by atoms with van der Waals surface area (Å²) in [5.41, 5.74) is 1.02. The summed E-state index contributed by atoms with van der Waals surface area (Å²) in [4.78, 5) is 12.9. The molecule has 2 nitrogen and oxygen atoms in total. The summed E-state index contributed by atoms with van der Waals surface area (Å²) >= 11 is 13.3. The maximum absolute atomic E-state index is 12.0. The van der Waals surface area contributed by atoms with Crippen molar-refractivity contribution in [3.05, 3.63) is 64.1 Å². The van der Waals surface area contributed by atoms with Crippen LogP contribution in [0.15, 0.2) is 53.4 Å². The van der Waals surface area contributed by atoms with Crippen LogP contribution in [0.5, 0.6) is 0 Å². The van der Waals surface area contributed by atoms with E-state index in [0.717, 1.165) is 10.5 Å². The van der Waals surface area contributed by atoms with E-state index in [1.807, 2.05) is 55.5 Å². The van der Waals surface area contributed by atoms with E-state index < -0.39 is 0 Å². The van der Waals surface area contributed by atoms with Crippen LogP contribution in [0.1, 0.15) is 18.5 Å². The molecule has 0 bridgehead atoms. The third-order valence-corrected chi connectivity index (χ3v) is 4.71. The lowest BCUT2D eigenvalue weighted by Gasteiger charge is -2.14. The lowest BCUT2D eigenvalue weighted by atomic mass is 10.1. The zero-order valence-corrected chi connectivity index (χ0v) is 13.8. The molecule has 0 saturated carbocycles. The second-order valence-corrected chi connectivity index (χ2v) is 6.42. The van der Waals surface area contributed by atoms with Gasteiger partial charge >= 0.3 is 0 Å². The zero-order chi connectivity index (χ0) is 15.2. The fraction of sp³-hybridized carbons (Fsp3) is 0.188. The number of hydrogen-bond acceptors (Lipinski definition) is 2. The number of nitrogens with one attached hydrogen (secondary N) is 1. The highest BCUT2D eigenvalue weighted by Crippen LogP contribution is 2.26. The molecule has 5 heteroatoms. The molecule has 1 N–H and O–H groups in total. The van der Waals surface area contributed by atoms with E-state index in [2.05, 4.69) is 5.32 Å². The fourth-order valence-corrected chi connectivity index (χ4v) is 3.00. The van der Waals surface area contributed by atoms with Crippen molar-refractivity contribution < 1.29 is 4.79 Å². The predicted molar refractivity (Wildman–Crippen MR) is 90.2 cm³/mol. The van der Waals surface area contributed by atoms with Gasteiger partial charge in [-0.15, -0.1) is 11.8 Å². The van der Waals surface area contributed by atoms with Crippen LogP contribution >= 0.6 is 35.0 Å². The summed E-state index contributed by atoms with van der Waals surface area (Å²) in [6, 6.07) is 14.9. The van der Waals surface area contributed by atoms with Crippen molar-refractivity contribution in [3.63, 3.8) is 0 Å². The summed E-state index contributed by atoms with van der Waals surface area (Å²) in [6.07, 6.45) is 0. The largest absolute Gasteiger partial charge is 0.349 e. The van der Waals surface area contributed by atoms with Crippen LogP contribution in [-0.4, -0.2) is 11.7 Å². The summed E-state index contributed by atoms with van der Waals surface area (Å²) < 4.78 is 0. The van der Waals surface area contributed by atoms with E-state index >= 15 is 0 Å². The van der Waals surface area contributed by atoms with Crippen molar-refractivity contribution in [3.8, 4) is 0 Å². The number of rotatable bonds is 5. The van der Waals surface area contributed by atoms with Gasteiger partial charge in [0.25, 0.3) is 0 Å². The molecule has 21 heavy (non-hydrogen) atoms. The number of thioether (sulfide) groups is 1. The first kappa shape index (κ1) is 16.2. The second kappa shape index (κ2) is 7.74. The van der Waals surface area contributed by atoms with Crippen molar-refractivity contribution in [2.75, 3.05) is 5.75 Å². The van der Waals surface area contributed by atoms with Crippen molar-refractivity contribution in [1.82, 2.24) is 5.32 Å². The lowest BCUT2D eigenvalue weighted by Crippen LogP contribution is -2.28. The molecule has 0 spiro atoms. The van der Waals surface area contributed by atoms with Crippen molar-refractivity contribution in [2.24, 2.45) is 0 Å². The Morgan fingerprint density at radius 1 is 1.14 bits per heavy atom. The minimum absolute atomic E-state index is 0.0256. The Labute approximate surface area is 138 Å². The minimum atomic E-state index is -0.0541. The second-order valence-electron chi connectivity index (χ2n) is 4.56. The van der Waals surface area contributed by atoms with E-state index in [-0.39, 0.29) is 11.9 Å². The number of carbonyl (C=O) groups is 1. The van der Waals surface area contributed by atoms with Crippen LogP contribution in [-0.2, 0) is 4.79 Å². The number of hydrogen-bond donors (Lipinski definition) is 1. The zero-order valence-electron chi connectivity index (χ0n) is 11.5. The molecule has 0 aromatic heterocycles. The van der Waals surface area contributed by atoms with Crippen LogP contribution in [0.3, 0.4) is 0 Å². The Hall–Kier alpha value is -1.16. The topological polar surface area (TPSA) is 29.1 Å². The van der Waals surface area contributed by atoms with Gasteiger partial charge in [-0.1, -0.05) is 47.5 Å². The van der Waals surface area contributed by atoms with Gasteiger partial charge in [0.2, 0.25) is 5.91 Å². The molecule has 2 rings (SSSR count). The summed E-state index contributed by atoms with van der Waals surface area (Å²) in [6.45, 7) is 1.95. The SMILES string of the molecule is C[C@H](NC(=O)CSc1ccccc1Cl)c1ccc(Cl)cc1. The van der Waals surface area contributed by atoms with Gasteiger partial charge in [0.1, 0.15) is 0 Å². The normalized spacial score (nSPS) is 12.0. The fourth-order valence-electron chi connectivity index (χ4n) is 1.82. The maximum atomic E-state index is 12.0. The van der Waals surface area contributed by atoms with Gasteiger partial charge in [-0.3, -0.25) is 4.79 Å². The van der Waals surface area contributed by atoms with Crippen molar-refractivity contribution in [1.29, 1.82) is 0 Å². The molecule has 2 aromatic carbocycles. The van der Waals surface area contributed by atoms with E-state index in [4.69, 9.17) is 23.2 Å². The average Bonchev–Trinajstić information content (AvgIpc) is 2.47. The molecule has 0 unspecified atom stereocenters. The van der Waals surface area contributed by atoms with Crippen molar-refractivity contribution >= 4 is 40.9 Å². The van der Waals surface area contributed by atoms with Gasteiger partial charge in [0.15, 0.2) is 0 Å². The van der Waals surface area contributed by atoms with Gasteiger partial charge in [-0.25, -0.2) is 0 Å². The van der Waals surface area contributed by atoms with Crippen LogP contribution in [0.4, 0.5) is 0 Å². The first-order valence-electron chi connectivity index (χ1n) is 6.48. The summed E-state index contributed by atoms with van der Waals surface area (Å²) in [5.74, 6) is 0.309. The van der Waals surface area contributed by atoms with Gasteiger partial charge < -0.3 is 5.32 Å². The lowest BCUT2D eigenvalue weighted by molar-refractivity contribution is -0.119. The van der Waals surface area contributed by atoms with Crippen LogP contribution < -0.4 is 5.32 Å². The molecule has 2 aromatic rings. The first-order chi connectivity index (χ1) is 10.1. The van der Waals surface area contributed by atoms with E-state index in [1.165, 1.54) is 11.8 Å². The third kappa shape index (κ3) is 4.95. The smallest absolute Gasteiger partial charge is 0.230 e. The van der Waals surface area contributed by atoms with Gasteiger partial charge in [-0.2, -0.15) is 0 Å². The molecule has 0 saturated heterocycles. The third-order valence-electron chi connectivity index (χ3n) is 2.94. The minimum Gasteiger partial charge on any atom is -0.349 e. The number of amides is 1. The van der Waals surface area contributed by atoms with E-state index in [1.54, 1.807) is 0 Å². The summed E-state index contributed by atoms with van der Waals surface area (Å²) in [5, 5.41) is 4.31. The molecule has 0 aliphatic heterocycles. The average molecular weight is 340 g/mol. The Balaban J connectivity index is 1.87. The van der Waals surface area contributed by atoms with Crippen molar-refractivity contribution in [2.45, 2.75) is 17.9 Å². The standard InChI is InChI=1S/C16H15Cl2NOS/c1-11(12-6-8-13(17)9-7-12)19-16(20)10-21-15-5-3-2-4-14(15)18/h2-9,11H,10H2,1H3,(H,19,20)/t11-/m0/s1. The highest BCUT2D eigenvalue weighted by molar-refractivity contribution is 8.00. The molecule has 0 fully saturated rings. The highest BCUT2D eigenvalue weighted by atomic mass is 35.5. The van der Waals surface area contributed by atoms with E-state index in [0.29, 0.717) is 15.8 Å². The summed E-state index contributed by atoms with van der Waals surface area (Å²) in [7, 11) is 0. The van der Waals surface area contributed by atoms with Crippen LogP contribution in [0.2, 0.25) is 10.0 Å². The molecule has 0 radical (unpaired) electrons. The Bertz CT molecular complexity index is 616. The molecule has 110 valence electrons. The number of carbonyl (C=O) groups excluding carboxylic acids is 1.